The molecular weight excluding hydrogens is 370 g/mol. The first kappa shape index (κ1) is 20.9. The Morgan fingerprint density at radius 3 is 2.82 bits per heavy atom. The highest BCUT2D eigenvalue weighted by Gasteiger charge is 2.31. The summed E-state index contributed by atoms with van der Waals surface area (Å²) in [4.78, 5) is 19.2. The summed E-state index contributed by atoms with van der Waals surface area (Å²) >= 11 is 1.59. The highest BCUT2D eigenvalue weighted by atomic mass is 32.2. The predicted molar refractivity (Wildman–Crippen MR) is 113 cm³/mol. The Bertz CT molecular complexity index is 745. The highest BCUT2D eigenvalue weighted by molar-refractivity contribution is 7.98. The van der Waals surface area contributed by atoms with Crippen LogP contribution in [-0.2, 0) is 5.75 Å². The van der Waals surface area contributed by atoms with Crippen molar-refractivity contribution in [3.05, 3.63) is 41.7 Å². The summed E-state index contributed by atoms with van der Waals surface area (Å²) in [5.41, 5.74) is 1.82. The van der Waals surface area contributed by atoms with Crippen molar-refractivity contribution in [2.24, 2.45) is 5.92 Å². The van der Waals surface area contributed by atoms with Crippen LogP contribution < -0.4 is 5.32 Å². The average molecular weight is 402 g/mol. The van der Waals surface area contributed by atoms with Crippen molar-refractivity contribution in [3.8, 4) is 0 Å². The lowest BCUT2D eigenvalue weighted by Crippen LogP contribution is -2.54. The number of rotatable bonds is 8. The number of carbonyl (C=O) groups excluding carboxylic acids is 1. The molecule has 3 rings (SSSR count). The average Bonchev–Trinajstić information content (AvgIpc) is 3.24. The third kappa shape index (κ3) is 5.58. The van der Waals surface area contributed by atoms with Crippen molar-refractivity contribution < 1.29 is 4.79 Å². The number of hydrogen-bond donors (Lipinski definition) is 2. The van der Waals surface area contributed by atoms with E-state index in [4.69, 9.17) is 0 Å². The second-order valence-electron chi connectivity index (χ2n) is 8.13. The van der Waals surface area contributed by atoms with Crippen LogP contribution in [0.1, 0.15) is 56.0 Å². The number of likely N-dealkylation sites (tertiary alicyclic amines) is 1. The van der Waals surface area contributed by atoms with Gasteiger partial charge in [0, 0.05) is 29.9 Å². The van der Waals surface area contributed by atoms with Crippen molar-refractivity contribution in [3.63, 3.8) is 0 Å². The van der Waals surface area contributed by atoms with E-state index in [1.807, 2.05) is 24.3 Å². The molecule has 152 valence electrons. The van der Waals surface area contributed by atoms with E-state index in [-0.39, 0.29) is 11.4 Å². The second-order valence-corrected chi connectivity index (χ2v) is 9.10. The zero-order valence-electron chi connectivity index (χ0n) is 17.1. The van der Waals surface area contributed by atoms with Gasteiger partial charge in [-0.2, -0.15) is 5.10 Å². The van der Waals surface area contributed by atoms with Crippen LogP contribution in [0.4, 0.5) is 0 Å². The fourth-order valence-electron chi connectivity index (χ4n) is 3.63. The minimum absolute atomic E-state index is 0.00781. The molecule has 1 fully saturated rings. The van der Waals surface area contributed by atoms with Crippen molar-refractivity contribution in [1.82, 2.24) is 25.4 Å². The molecule has 1 aromatic heterocycles. The molecule has 7 heteroatoms. The number of benzene rings is 1. The van der Waals surface area contributed by atoms with Gasteiger partial charge in [0.25, 0.3) is 5.91 Å². The van der Waals surface area contributed by atoms with Crippen LogP contribution in [0.2, 0.25) is 0 Å². The normalized spacial score (nSPS) is 18.2. The van der Waals surface area contributed by atoms with E-state index >= 15 is 0 Å². The van der Waals surface area contributed by atoms with Crippen LogP contribution in [0.25, 0.3) is 0 Å². The van der Waals surface area contributed by atoms with Crippen molar-refractivity contribution >= 4 is 17.7 Å². The monoisotopic (exact) mass is 401 g/mol. The van der Waals surface area contributed by atoms with Crippen molar-refractivity contribution in [1.29, 1.82) is 0 Å². The standard InChI is InChI=1S/C21H31N5OS/c1-4-16-6-5-11-26(12-16)21(2,3)14-22-19(27)18-9-7-17(8-10-18)13-28-20-23-15-24-25-20/h7-10,15-16H,4-6,11-14H2,1-3H3,(H,22,27)(H,23,24,25). The Labute approximate surface area is 171 Å². The van der Waals surface area contributed by atoms with Gasteiger partial charge in [0.05, 0.1) is 0 Å². The van der Waals surface area contributed by atoms with Gasteiger partial charge < -0.3 is 5.32 Å². The molecule has 2 heterocycles. The molecule has 0 saturated carbocycles. The number of piperidine rings is 1. The zero-order chi connectivity index (χ0) is 20.0. The smallest absolute Gasteiger partial charge is 0.251 e. The van der Waals surface area contributed by atoms with Crippen molar-refractivity contribution in [2.75, 3.05) is 19.6 Å². The second kappa shape index (κ2) is 9.56. The van der Waals surface area contributed by atoms with Gasteiger partial charge in [-0.1, -0.05) is 37.2 Å². The largest absolute Gasteiger partial charge is 0.350 e. The van der Waals surface area contributed by atoms with Gasteiger partial charge in [-0.05, 0) is 56.8 Å². The Balaban J connectivity index is 1.49. The number of carbonyl (C=O) groups is 1. The molecule has 1 aliphatic rings. The van der Waals surface area contributed by atoms with E-state index in [1.54, 1.807) is 11.8 Å². The Kier molecular flexibility index (Phi) is 7.13. The quantitative estimate of drug-likeness (QED) is 0.660. The molecule has 28 heavy (non-hydrogen) atoms. The third-order valence-electron chi connectivity index (χ3n) is 5.62. The summed E-state index contributed by atoms with van der Waals surface area (Å²) < 4.78 is 0. The molecule has 0 radical (unpaired) electrons. The van der Waals surface area contributed by atoms with E-state index in [0.29, 0.717) is 12.1 Å². The van der Waals surface area contributed by atoms with E-state index in [9.17, 15) is 4.79 Å². The van der Waals surface area contributed by atoms with Crippen LogP contribution in [0.3, 0.4) is 0 Å². The number of H-pyrrole nitrogens is 1. The number of amides is 1. The Morgan fingerprint density at radius 1 is 1.36 bits per heavy atom. The van der Waals surface area contributed by atoms with Gasteiger partial charge in [0.1, 0.15) is 6.33 Å². The molecule has 1 amide bonds. The lowest BCUT2D eigenvalue weighted by atomic mass is 9.91. The summed E-state index contributed by atoms with van der Waals surface area (Å²) in [5, 5.41) is 10.6. The van der Waals surface area contributed by atoms with Crippen LogP contribution in [0.15, 0.2) is 35.7 Å². The van der Waals surface area contributed by atoms with Gasteiger partial charge in [0.2, 0.25) is 0 Å². The van der Waals surface area contributed by atoms with Gasteiger partial charge in [0.15, 0.2) is 5.16 Å². The predicted octanol–water partition coefficient (Wildman–Crippen LogP) is 3.73. The minimum Gasteiger partial charge on any atom is -0.350 e. The van der Waals surface area contributed by atoms with Crippen LogP contribution >= 0.6 is 11.8 Å². The SMILES string of the molecule is CCC1CCCN(C(C)(C)CNC(=O)c2ccc(CSc3ncn[nH]3)cc2)C1. The van der Waals surface area contributed by atoms with E-state index in [0.717, 1.165) is 35.5 Å². The summed E-state index contributed by atoms with van der Waals surface area (Å²) in [6, 6.07) is 7.79. The maximum absolute atomic E-state index is 12.6. The zero-order valence-corrected chi connectivity index (χ0v) is 17.9. The summed E-state index contributed by atoms with van der Waals surface area (Å²) in [7, 11) is 0. The molecule has 1 saturated heterocycles. The number of hydrogen-bond acceptors (Lipinski definition) is 5. The van der Waals surface area contributed by atoms with Crippen LogP contribution in [0, 0.1) is 5.92 Å². The first-order chi connectivity index (χ1) is 13.5. The fraction of sp³-hybridized carbons (Fsp3) is 0.571. The van der Waals surface area contributed by atoms with E-state index < -0.39 is 0 Å². The Morgan fingerprint density at radius 2 is 2.14 bits per heavy atom. The summed E-state index contributed by atoms with van der Waals surface area (Å²) in [6.07, 6.45) is 5.32. The molecule has 1 unspecified atom stereocenters. The molecule has 1 aromatic carbocycles. The van der Waals surface area contributed by atoms with Crippen molar-refractivity contribution in [2.45, 2.75) is 56.5 Å². The molecule has 1 aliphatic heterocycles. The molecule has 1 atom stereocenters. The Hall–Kier alpha value is -1.86. The van der Waals surface area contributed by atoms with E-state index in [2.05, 4.69) is 46.2 Å². The fourth-order valence-corrected chi connectivity index (χ4v) is 4.36. The number of nitrogens with one attached hydrogen (secondary N) is 2. The molecular formula is C21H31N5OS. The third-order valence-corrected chi connectivity index (χ3v) is 6.57. The van der Waals surface area contributed by atoms with Gasteiger partial charge >= 0.3 is 0 Å². The number of thioether (sulfide) groups is 1. The minimum atomic E-state index is -0.0306. The first-order valence-corrected chi connectivity index (χ1v) is 11.1. The molecule has 2 N–H and O–H groups in total. The number of aromatic nitrogens is 3. The van der Waals surface area contributed by atoms with Gasteiger partial charge in [-0.3, -0.25) is 14.8 Å². The number of nitrogens with zero attached hydrogens (tertiary/aromatic N) is 3. The molecule has 0 spiro atoms. The molecule has 2 aromatic rings. The first-order valence-electron chi connectivity index (χ1n) is 10.1. The summed E-state index contributed by atoms with van der Waals surface area (Å²) in [6.45, 7) is 9.65. The lowest BCUT2D eigenvalue weighted by molar-refractivity contribution is 0.0612. The molecule has 0 aliphatic carbocycles. The van der Waals surface area contributed by atoms with Gasteiger partial charge in [-0.25, -0.2) is 4.98 Å². The molecule has 6 nitrogen and oxygen atoms in total. The van der Waals surface area contributed by atoms with Gasteiger partial charge in [-0.15, -0.1) is 0 Å². The van der Waals surface area contributed by atoms with E-state index in [1.165, 1.54) is 25.6 Å². The number of aromatic amines is 1. The lowest BCUT2D eigenvalue weighted by Gasteiger charge is -2.43. The highest BCUT2D eigenvalue weighted by Crippen LogP contribution is 2.25. The topological polar surface area (TPSA) is 73.9 Å². The summed E-state index contributed by atoms with van der Waals surface area (Å²) in [5.74, 6) is 1.56. The van der Waals surface area contributed by atoms with Crippen LogP contribution in [-0.4, -0.2) is 51.2 Å². The molecule has 0 bridgehead atoms. The van der Waals surface area contributed by atoms with Crippen LogP contribution in [0.5, 0.6) is 0 Å². The maximum Gasteiger partial charge on any atom is 0.251 e. The maximum atomic E-state index is 12.6.